The van der Waals surface area contributed by atoms with Gasteiger partial charge in [-0.25, -0.2) is 0 Å². The van der Waals surface area contributed by atoms with Crippen molar-refractivity contribution in [1.29, 1.82) is 0 Å². The summed E-state index contributed by atoms with van der Waals surface area (Å²) in [7, 11) is 0. The summed E-state index contributed by atoms with van der Waals surface area (Å²) in [4.78, 5) is 0. The Kier molecular flexibility index (Phi) is 2.96. The standard InChI is InChI=1S/C7H14ClNO/c1-5-2-3-9-7(8)6(5)4-10/h5-7,9-10H,2-4H2,1H3. The first-order valence-corrected chi connectivity index (χ1v) is 4.17. The minimum atomic E-state index is -0.0336. The van der Waals surface area contributed by atoms with Crippen molar-refractivity contribution in [3.63, 3.8) is 0 Å². The molecule has 2 N–H and O–H groups in total. The number of hydrogen-bond donors (Lipinski definition) is 2. The van der Waals surface area contributed by atoms with Crippen molar-refractivity contribution in [1.82, 2.24) is 5.32 Å². The van der Waals surface area contributed by atoms with E-state index in [1.807, 2.05) is 0 Å². The number of aliphatic hydroxyl groups is 1. The topological polar surface area (TPSA) is 32.3 Å². The Morgan fingerprint density at radius 2 is 2.40 bits per heavy atom. The highest BCUT2D eigenvalue weighted by Crippen LogP contribution is 2.24. The SMILES string of the molecule is CC1CCNC(Cl)C1CO. The van der Waals surface area contributed by atoms with E-state index in [4.69, 9.17) is 16.7 Å². The second-order valence-electron chi connectivity index (χ2n) is 2.97. The molecule has 10 heavy (non-hydrogen) atoms. The van der Waals surface area contributed by atoms with E-state index in [-0.39, 0.29) is 18.0 Å². The molecule has 1 aliphatic heterocycles. The molecule has 0 bridgehead atoms. The number of alkyl halides is 1. The first-order chi connectivity index (χ1) is 4.75. The van der Waals surface area contributed by atoms with Gasteiger partial charge in [0.15, 0.2) is 0 Å². The van der Waals surface area contributed by atoms with Crippen molar-refractivity contribution in [3.05, 3.63) is 0 Å². The maximum atomic E-state index is 8.91. The fraction of sp³-hybridized carbons (Fsp3) is 1.00. The van der Waals surface area contributed by atoms with Gasteiger partial charge < -0.3 is 10.4 Å². The van der Waals surface area contributed by atoms with E-state index in [1.165, 1.54) is 0 Å². The van der Waals surface area contributed by atoms with E-state index >= 15 is 0 Å². The van der Waals surface area contributed by atoms with E-state index < -0.39 is 0 Å². The maximum Gasteiger partial charge on any atom is 0.0878 e. The van der Waals surface area contributed by atoms with E-state index in [0.717, 1.165) is 13.0 Å². The molecule has 0 radical (unpaired) electrons. The van der Waals surface area contributed by atoms with Gasteiger partial charge in [0, 0.05) is 12.5 Å². The lowest BCUT2D eigenvalue weighted by atomic mass is 9.89. The molecule has 1 rings (SSSR count). The molecule has 1 heterocycles. The molecule has 2 nitrogen and oxygen atoms in total. The van der Waals surface area contributed by atoms with Crippen LogP contribution in [0.4, 0.5) is 0 Å². The largest absolute Gasteiger partial charge is 0.396 e. The molecule has 0 aromatic rings. The highest BCUT2D eigenvalue weighted by molar-refractivity contribution is 6.20. The fourth-order valence-electron chi connectivity index (χ4n) is 1.38. The van der Waals surface area contributed by atoms with Crippen molar-refractivity contribution in [3.8, 4) is 0 Å². The number of rotatable bonds is 1. The second-order valence-corrected chi connectivity index (χ2v) is 3.44. The van der Waals surface area contributed by atoms with Crippen molar-refractivity contribution in [2.24, 2.45) is 11.8 Å². The molecule has 0 saturated carbocycles. The van der Waals surface area contributed by atoms with Gasteiger partial charge in [-0.2, -0.15) is 0 Å². The molecule has 60 valence electrons. The molecule has 3 unspecified atom stereocenters. The Morgan fingerprint density at radius 1 is 1.70 bits per heavy atom. The summed E-state index contributed by atoms with van der Waals surface area (Å²) in [6.45, 7) is 3.31. The number of halogens is 1. The molecule has 0 spiro atoms. The van der Waals surface area contributed by atoms with Crippen LogP contribution in [0.5, 0.6) is 0 Å². The second kappa shape index (κ2) is 3.56. The Labute approximate surface area is 66.6 Å². The Morgan fingerprint density at radius 3 is 2.80 bits per heavy atom. The van der Waals surface area contributed by atoms with Crippen LogP contribution >= 0.6 is 11.6 Å². The number of aliphatic hydroxyl groups excluding tert-OH is 1. The zero-order valence-electron chi connectivity index (χ0n) is 6.18. The summed E-state index contributed by atoms with van der Waals surface area (Å²) in [5.41, 5.74) is -0.0336. The molecule has 1 fully saturated rings. The van der Waals surface area contributed by atoms with Crippen molar-refractivity contribution >= 4 is 11.6 Å². The molecule has 1 saturated heterocycles. The third-order valence-electron chi connectivity index (χ3n) is 2.26. The van der Waals surface area contributed by atoms with Gasteiger partial charge in [-0.05, 0) is 18.9 Å². The van der Waals surface area contributed by atoms with Gasteiger partial charge >= 0.3 is 0 Å². The predicted molar refractivity (Wildman–Crippen MR) is 42.0 cm³/mol. The fourth-order valence-corrected chi connectivity index (χ4v) is 1.81. The van der Waals surface area contributed by atoms with E-state index in [2.05, 4.69) is 12.2 Å². The van der Waals surface area contributed by atoms with Crippen LogP contribution in [0.1, 0.15) is 13.3 Å². The van der Waals surface area contributed by atoms with Crippen LogP contribution in [0.15, 0.2) is 0 Å². The predicted octanol–water partition coefficient (Wildman–Crippen LogP) is 0.789. The summed E-state index contributed by atoms with van der Waals surface area (Å²) in [5, 5.41) is 12.0. The van der Waals surface area contributed by atoms with Crippen molar-refractivity contribution in [2.45, 2.75) is 18.8 Å². The van der Waals surface area contributed by atoms with Gasteiger partial charge in [0.05, 0.1) is 5.50 Å². The lowest BCUT2D eigenvalue weighted by Crippen LogP contribution is -2.43. The first kappa shape index (κ1) is 8.31. The summed E-state index contributed by atoms with van der Waals surface area (Å²) < 4.78 is 0. The summed E-state index contributed by atoms with van der Waals surface area (Å²) in [6.07, 6.45) is 1.12. The molecular weight excluding hydrogens is 150 g/mol. The van der Waals surface area contributed by atoms with Crippen LogP contribution in [0.25, 0.3) is 0 Å². The lowest BCUT2D eigenvalue weighted by molar-refractivity contribution is 0.142. The van der Waals surface area contributed by atoms with Crippen molar-refractivity contribution < 1.29 is 5.11 Å². The van der Waals surface area contributed by atoms with Gasteiger partial charge in [-0.1, -0.05) is 6.92 Å². The monoisotopic (exact) mass is 163 g/mol. The van der Waals surface area contributed by atoms with Crippen LogP contribution < -0.4 is 5.32 Å². The van der Waals surface area contributed by atoms with Gasteiger partial charge in [-0.15, -0.1) is 11.6 Å². The van der Waals surface area contributed by atoms with E-state index in [9.17, 15) is 0 Å². The third-order valence-corrected chi connectivity index (χ3v) is 2.73. The molecular formula is C7H14ClNO. The van der Waals surface area contributed by atoms with Crippen molar-refractivity contribution in [2.75, 3.05) is 13.2 Å². The average molecular weight is 164 g/mol. The zero-order valence-corrected chi connectivity index (χ0v) is 6.93. The number of piperidine rings is 1. The Balaban J connectivity index is 2.45. The molecule has 0 aliphatic carbocycles. The van der Waals surface area contributed by atoms with Crippen LogP contribution in [-0.4, -0.2) is 23.8 Å². The summed E-state index contributed by atoms with van der Waals surface area (Å²) in [5.74, 6) is 0.782. The minimum Gasteiger partial charge on any atom is -0.396 e. The smallest absolute Gasteiger partial charge is 0.0878 e. The quantitative estimate of drug-likeness (QED) is 0.443. The third kappa shape index (κ3) is 1.62. The Hall–Kier alpha value is 0.210. The maximum absolute atomic E-state index is 8.91. The van der Waals surface area contributed by atoms with Gasteiger partial charge in [0.25, 0.3) is 0 Å². The van der Waals surface area contributed by atoms with Crippen LogP contribution in [0.3, 0.4) is 0 Å². The zero-order chi connectivity index (χ0) is 7.56. The van der Waals surface area contributed by atoms with Gasteiger partial charge in [0.1, 0.15) is 0 Å². The molecule has 3 atom stereocenters. The lowest BCUT2D eigenvalue weighted by Gasteiger charge is -2.32. The normalized spacial score (nSPS) is 41.7. The van der Waals surface area contributed by atoms with Gasteiger partial charge in [0.2, 0.25) is 0 Å². The van der Waals surface area contributed by atoms with E-state index in [1.54, 1.807) is 0 Å². The molecule has 0 aromatic heterocycles. The Bertz CT molecular complexity index is 99.8. The highest BCUT2D eigenvalue weighted by atomic mass is 35.5. The molecule has 0 amide bonds. The summed E-state index contributed by atoms with van der Waals surface area (Å²) >= 11 is 5.91. The van der Waals surface area contributed by atoms with Crippen LogP contribution in [-0.2, 0) is 0 Å². The molecule has 0 aromatic carbocycles. The summed E-state index contributed by atoms with van der Waals surface area (Å²) in [6, 6.07) is 0. The highest BCUT2D eigenvalue weighted by Gasteiger charge is 2.27. The average Bonchev–Trinajstić information content (AvgIpc) is 1.88. The van der Waals surface area contributed by atoms with E-state index in [0.29, 0.717) is 5.92 Å². The van der Waals surface area contributed by atoms with Crippen LogP contribution in [0, 0.1) is 11.8 Å². The first-order valence-electron chi connectivity index (χ1n) is 3.74. The molecule has 3 heteroatoms. The minimum absolute atomic E-state index is 0.0336. The molecule has 1 aliphatic rings. The number of hydrogen-bond acceptors (Lipinski definition) is 2. The van der Waals surface area contributed by atoms with Crippen LogP contribution in [0.2, 0.25) is 0 Å². The number of nitrogens with one attached hydrogen (secondary N) is 1. The van der Waals surface area contributed by atoms with Gasteiger partial charge in [-0.3, -0.25) is 0 Å².